The standard InChI is InChI=1S/C31H56N4/c1-3-5-7-9-11-13-15-17-19-23-27-31(32,35-30-26-22-21-25-29(30)33-34-35)28-24-20-18-16-14-12-10-8-6-4-2/h21-22,25-26H,3-20,23-24,27-28,32H2,1-2H3. The Morgan fingerprint density at radius 1 is 0.600 bits per heavy atom. The Morgan fingerprint density at radius 2 is 1.00 bits per heavy atom. The summed E-state index contributed by atoms with van der Waals surface area (Å²) in [6.07, 6.45) is 29.0. The Bertz CT molecular complexity index is 729. The number of hydrogen-bond acceptors (Lipinski definition) is 3. The van der Waals surface area contributed by atoms with Crippen LogP contribution >= 0.6 is 0 Å². The molecule has 0 bridgehead atoms. The molecule has 0 saturated carbocycles. The number of aromatic nitrogens is 3. The summed E-state index contributed by atoms with van der Waals surface area (Å²) < 4.78 is 2.05. The highest BCUT2D eigenvalue weighted by molar-refractivity contribution is 5.74. The van der Waals surface area contributed by atoms with Gasteiger partial charge < -0.3 is 5.73 Å². The van der Waals surface area contributed by atoms with E-state index >= 15 is 0 Å². The van der Waals surface area contributed by atoms with Gasteiger partial charge in [0.15, 0.2) is 0 Å². The second-order valence-corrected chi connectivity index (χ2v) is 11.0. The van der Waals surface area contributed by atoms with E-state index in [-0.39, 0.29) is 0 Å². The minimum absolute atomic E-state index is 0.420. The summed E-state index contributed by atoms with van der Waals surface area (Å²) in [5.41, 5.74) is 8.72. The van der Waals surface area contributed by atoms with Gasteiger partial charge in [-0.3, -0.25) is 0 Å². The van der Waals surface area contributed by atoms with Gasteiger partial charge in [0.05, 0.1) is 5.52 Å². The second-order valence-electron chi connectivity index (χ2n) is 11.0. The molecule has 200 valence electrons. The van der Waals surface area contributed by atoms with Gasteiger partial charge in [-0.15, -0.1) is 5.10 Å². The lowest BCUT2D eigenvalue weighted by molar-refractivity contribution is 0.212. The van der Waals surface area contributed by atoms with Gasteiger partial charge in [-0.05, 0) is 37.8 Å². The molecule has 0 unspecified atom stereocenters. The van der Waals surface area contributed by atoms with Crippen LogP contribution in [0.2, 0.25) is 0 Å². The number of fused-ring (bicyclic) bond motifs is 1. The van der Waals surface area contributed by atoms with Crippen molar-refractivity contribution in [3.63, 3.8) is 0 Å². The van der Waals surface area contributed by atoms with Crippen LogP contribution in [-0.4, -0.2) is 15.0 Å². The van der Waals surface area contributed by atoms with Crippen LogP contribution in [0.1, 0.15) is 155 Å². The van der Waals surface area contributed by atoms with Gasteiger partial charge in [-0.2, -0.15) is 0 Å². The molecule has 0 radical (unpaired) electrons. The van der Waals surface area contributed by atoms with E-state index in [9.17, 15) is 0 Å². The van der Waals surface area contributed by atoms with E-state index in [1.54, 1.807) is 0 Å². The summed E-state index contributed by atoms with van der Waals surface area (Å²) in [5.74, 6) is 0. The fourth-order valence-corrected chi connectivity index (χ4v) is 5.37. The zero-order valence-electron chi connectivity index (χ0n) is 23.3. The van der Waals surface area contributed by atoms with Gasteiger partial charge in [0.1, 0.15) is 11.2 Å². The van der Waals surface area contributed by atoms with Crippen molar-refractivity contribution in [3.05, 3.63) is 24.3 Å². The Hall–Kier alpha value is -1.42. The number of benzene rings is 1. The average Bonchev–Trinajstić information content (AvgIpc) is 3.31. The van der Waals surface area contributed by atoms with E-state index in [0.717, 1.165) is 23.9 Å². The molecule has 0 amide bonds. The third kappa shape index (κ3) is 11.9. The first-order chi connectivity index (χ1) is 17.2. The molecule has 0 aliphatic heterocycles. The lowest BCUT2D eigenvalue weighted by atomic mass is 9.94. The van der Waals surface area contributed by atoms with Crippen molar-refractivity contribution in [2.75, 3.05) is 0 Å². The summed E-state index contributed by atoms with van der Waals surface area (Å²) >= 11 is 0. The van der Waals surface area contributed by atoms with Crippen molar-refractivity contribution in [3.8, 4) is 0 Å². The van der Waals surface area contributed by atoms with Crippen molar-refractivity contribution >= 4 is 11.0 Å². The van der Waals surface area contributed by atoms with E-state index in [4.69, 9.17) is 5.73 Å². The fraction of sp³-hybridized carbons (Fsp3) is 0.806. The molecule has 0 aliphatic carbocycles. The summed E-state index contributed by atoms with van der Waals surface area (Å²) in [6.45, 7) is 4.58. The number of nitrogens with zero attached hydrogens (tertiary/aromatic N) is 3. The van der Waals surface area contributed by atoms with Gasteiger partial charge >= 0.3 is 0 Å². The topological polar surface area (TPSA) is 56.7 Å². The van der Waals surface area contributed by atoms with Crippen molar-refractivity contribution in [1.82, 2.24) is 15.0 Å². The van der Waals surface area contributed by atoms with Crippen LogP contribution in [0.25, 0.3) is 11.0 Å². The molecule has 35 heavy (non-hydrogen) atoms. The predicted molar refractivity (Wildman–Crippen MR) is 153 cm³/mol. The van der Waals surface area contributed by atoms with Crippen LogP contribution in [0.5, 0.6) is 0 Å². The van der Waals surface area contributed by atoms with Crippen LogP contribution in [-0.2, 0) is 5.66 Å². The summed E-state index contributed by atoms with van der Waals surface area (Å²) in [4.78, 5) is 0. The number of para-hydroxylation sites is 1. The maximum absolute atomic E-state index is 7.11. The number of hydrogen-bond donors (Lipinski definition) is 1. The number of rotatable bonds is 23. The van der Waals surface area contributed by atoms with Crippen molar-refractivity contribution < 1.29 is 0 Å². The number of unbranched alkanes of at least 4 members (excludes halogenated alkanes) is 18. The minimum atomic E-state index is -0.420. The summed E-state index contributed by atoms with van der Waals surface area (Å²) in [6, 6.07) is 8.27. The molecule has 0 atom stereocenters. The summed E-state index contributed by atoms with van der Waals surface area (Å²) in [7, 11) is 0. The zero-order chi connectivity index (χ0) is 25.0. The van der Waals surface area contributed by atoms with Crippen molar-refractivity contribution in [2.24, 2.45) is 5.73 Å². The first-order valence-electron chi connectivity index (χ1n) is 15.3. The van der Waals surface area contributed by atoms with E-state index < -0.39 is 5.66 Å². The third-order valence-corrected chi connectivity index (χ3v) is 7.70. The second kappa shape index (κ2) is 18.8. The largest absolute Gasteiger partial charge is 0.307 e. The van der Waals surface area contributed by atoms with Crippen LogP contribution in [0.15, 0.2) is 24.3 Å². The van der Waals surface area contributed by atoms with Crippen molar-refractivity contribution in [2.45, 2.75) is 161 Å². The van der Waals surface area contributed by atoms with Crippen LogP contribution in [0, 0.1) is 0 Å². The Morgan fingerprint density at radius 3 is 1.46 bits per heavy atom. The maximum atomic E-state index is 7.11. The SMILES string of the molecule is CCCCCCCCCCCCC(N)(CCCCCCCCCCCC)n1nnc2ccccc21. The van der Waals surface area contributed by atoms with E-state index in [1.807, 2.05) is 16.8 Å². The maximum Gasteiger partial charge on any atom is 0.113 e. The number of nitrogens with two attached hydrogens (primary N) is 1. The molecule has 0 aliphatic rings. The highest BCUT2D eigenvalue weighted by Crippen LogP contribution is 2.28. The van der Waals surface area contributed by atoms with Gasteiger partial charge in [0.2, 0.25) is 0 Å². The van der Waals surface area contributed by atoms with Gasteiger partial charge in [0.25, 0.3) is 0 Å². The molecule has 4 nitrogen and oxygen atoms in total. The zero-order valence-corrected chi connectivity index (χ0v) is 23.3. The van der Waals surface area contributed by atoms with E-state index in [1.165, 1.54) is 128 Å². The molecular formula is C31H56N4. The molecular weight excluding hydrogens is 428 g/mol. The van der Waals surface area contributed by atoms with Crippen LogP contribution in [0.3, 0.4) is 0 Å². The Balaban J connectivity index is 1.74. The van der Waals surface area contributed by atoms with Gasteiger partial charge in [-0.1, -0.05) is 147 Å². The highest BCUT2D eigenvalue weighted by atomic mass is 15.5. The van der Waals surface area contributed by atoms with Gasteiger partial charge in [-0.25, -0.2) is 4.68 Å². The van der Waals surface area contributed by atoms with Crippen molar-refractivity contribution in [1.29, 1.82) is 0 Å². The minimum Gasteiger partial charge on any atom is -0.307 e. The molecule has 2 aromatic rings. The Kier molecular flexibility index (Phi) is 16.0. The molecule has 1 aromatic carbocycles. The molecule has 2 rings (SSSR count). The smallest absolute Gasteiger partial charge is 0.113 e. The quantitative estimate of drug-likeness (QED) is 0.160. The lowest BCUT2D eigenvalue weighted by Gasteiger charge is -2.30. The predicted octanol–water partition coefficient (Wildman–Crippen LogP) is 9.66. The molecule has 1 heterocycles. The molecule has 0 fully saturated rings. The molecule has 2 N–H and O–H groups in total. The molecule has 0 saturated heterocycles. The molecule has 1 aromatic heterocycles. The third-order valence-electron chi connectivity index (χ3n) is 7.70. The van der Waals surface area contributed by atoms with Gasteiger partial charge in [0, 0.05) is 0 Å². The molecule has 4 heteroatoms. The summed E-state index contributed by atoms with van der Waals surface area (Å²) in [5, 5.41) is 8.95. The average molecular weight is 485 g/mol. The molecule has 0 spiro atoms. The first-order valence-corrected chi connectivity index (χ1v) is 15.3. The van der Waals surface area contributed by atoms with E-state index in [0.29, 0.717) is 0 Å². The lowest BCUT2D eigenvalue weighted by Crippen LogP contribution is -2.44. The highest BCUT2D eigenvalue weighted by Gasteiger charge is 2.29. The Labute approximate surface area is 216 Å². The van der Waals surface area contributed by atoms with Crippen LogP contribution < -0.4 is 5.73 Å². The first kappa shape index (κ1) is 29.8. The normalized spacial score (nSPS) is 12.1. The monoisotopic (exact) mass is 484 g/mol. The van der Waals surface area contributed by atoms with E-state index in [2.05, 4.69) is 36.3 Å². The van der Waals surface area contributed by atoms with Crippen LogP contribution in [0.4, 0.5) is 0 Å². The fourth-order valence-electron chi connectivity index (χ4n) is 5.37.